The number of rotatable bonds is 7. The minimum absolute atomic E-state index is 0.00733. The van der Waals surface area contributed by atoms with Crippen LogP contribution in [0.3, 0.4) is 0 Å². The van der Waals surface area contributed by atoms with Gasteiger partial charge in [0.05, 0.1) is 29.3 Å². The lowest BCUT2D eigenvalue weighted by Gasteiger charge is -2.28. The van der Waals surface area contributed by atoms with Gasteiger partial charge < -0.3 is 14.7 Å². The van der Waals surface area contributed by atoms with E-state index in [0.717, 1.165) is 35.5 Å². The summed E-state index contributed by atoms with van der Waals surface area (Å²) >= 11 is 6.39. The van der Waals surface area contributed by atoms with Gasteiger partial charge >= 0.3 is 0 Å². The Labute approximate surface area is 222 Å². The van der Waals surface area contributed by atoms with Crippen molar-refractivity contribution in [2.24, 2.45) is 0 Å². The maximum absolute atomic E-state index is 13.5. The average Bonchev–Trinajstić information content (AvgIpc) is 3.14. The van der Waals surface area contributed by atoms with Crippen molar-refractivity contribution < 1.29 is 19.4 Å². The molecule has 4 rings (SSSR count). The molecule has 3 aromatic rings. The molecule has 1 aliphatic heterocycles. The highest BCUT2D eigenvalue weighted by Gasteiger charge is 2.47. The number of aliphatic hydroxyl groups excluding tert-OH is 1. The lowest BCUT2D eigenvalue weighted by molar-refractivity contribution is -0.132. The Morgan fingerprint density at radius 2 is 1.68 bits per heavy atom. The van der Waals surface area contributed by atoms with Gasteiger partial charge in [0, 0.05) is 24.5 Å². The first-order chi connectivity index (χ1) is 17.7. The molecule has 1 amide bonds. The van der Waals surface area contributed by atoms with E-state index in [1.54, 1.807) is 12.1 Å². The van der Waals surface area contributed by atoms with E-state index in [9.17, 15) is 14.7 Å². The fourth-order valence-corrected chi connectivity index (χ4v) is 5.31. The monoisotopic (exact) mass is 518 g/mol. The first-order valence-corrected chi connectivity index (χ1v) is 12.7. The van der Waals surface area contributed by atoms with E-state index in [0.29, 0.717) is 10.7 Å². The molecule has 0 aromatic heterocycles. The third-order valence-corrected chi connectivity index (χ3v) is 7.11. The van der Waals surface area contributed by atoms with Gasteiger partial charge in [0.2, 0.25) is 0 Å². The molecule has 1 N–H and O–H groups in total. The number of carbonyl (C=O) groups excluding carboxylic acids is 2. The molecule has 6 nitrogen and oxygen atoms in total. The third-order valence-electron chi connectivity index (χ3n) is 6.83. The Bertz CT molecular complexity index is 1380. The Hall–Kier alpha value is -3.77. The minimum Gasteiger partial charge on any atom is -0.507 e. The number of hydrogen-bond donors (Lipinski definition) is 1. The number of anilines is 2. The molecule has 7 heteroatoms. The van der Waals surface area contributed by atoms with Crippen LogP contribution in [0.1, 0.15) is 42.1 Å². The molecule has 1 aliphatic rings. The van der Waals surface area contributed by atoms with Gasteiger partial charge in [-0.3, -0.25) is 14.5 Å². The third kappa shape index (κ3) is 4.69. The van der Waals surface area contributed by atoms with E-state index in [4.69, 9.17) is 16.3 Å². The van der Waals surface area contributed by atoms with Gasteiger partial charge in [0.25, 0.3) is 11.7 Å². The molecule has 37 heavy (non-hydrogen) atoms. The number of ether oxygens (including phenoxy) is 1. The summed E-state index contributed by atoms with van der Waals surface area (Å²) in [6.07, 6.45) is 0. The number of aryl methyl sites for hydroxylation is 2. The summed E-state index contributed by atoms with van der Waals surface area (Å²) in [7, 11) is 1.45. The Morgan fingerprint density at radius 3 is 2.27 bits per heavy atom. The van der Waals surface area contributed by atoms with E-state index >= 15 is 0 Å². The van der Waals surface area contributed by atoms with Crippen LogP contribution in [0.15, 0.2) is 66.2 Å². The molecule has 3 aromatic carbocycles. The summed E-state index contributed by atoms with van der Waals surface area (Å²) in [6, 6.07) is 17.7. The van der Waals surface area contributed by atoms with Crippen LogP contribution < -0.4 is 14.5 Å². The zero-order valence-electron chi connectivity index (χ0n) is 21.7. The average molecular weight is 519 g/mol. The molecule has 192 valence electrons. The van der Waals surface area contributed by atoms with Crippen molar-refractivity contribution in [2.45, 2.75) is 33.7 Å². The molecule has 1 fully saturated rings. The highest BCUT2D eigenvalue weighted by Crippen LogP contribution is 2.45. The Morgan fingerprint density at radius 1 is 1.03 bits per heavy atom. The zero-order chi connectivity index (χ0) is 26.9. The molecule has 0 spiro atoms. The van der Waals surface area contributed by atoms with Crippen molar-refractivity contribution in [3.63, 3.8) is 0 Å². The zero-order valence-corrected chi connectivity index (χ0v) is 22.5. The van der Waals surface area contributed by atoms with E-state index in [1.807, 2.05) is 62.4 Å². The molecular formula is C30H31ClN2O4. The van der Waals surface area contributed by atoms with Crippen LogP contribution in [0.25, 0.3) is 5.76 Å². The number of nitrogens with zero attached hydrogens (tertiary/aromatic N) is 2. The van der Waals surface area contributed by atoms with Crippen molar-refractivity contribution in [2.75, 3.05) is 30.0 Å². The fourth-order valence-electron chi connectivity index (χ4n) is 4.96. The molecule has 0 radical (unpaired) electrons. The van der Waals surface area contributed by atoms with Gasteiger partial charge in [0.1, 0.15) is 11.5 Å². The first-order valence-electron chi connectivity index (χ1n) is 12.3. The SMILES string of the molecule is CCN(CC)c1ccc(N2C(=O)C(=O)/C(=C(/O)c3cc(C)cc(Cl)c3OC)C2c2ccccc2C)cc1. The van der Waals surface area contributed by atoms with E-state index in [1.165, 1.54) is 12.0 Å². The molecule has 0 aliphatic carbocycles. The second kappa shape index (κ2) is 10.7. The number of ketones is 1. The van der Waals surface area contributed by atoms with E-state index < -0.39 is 17.7 Å². The van der Waals surface area contributed by atoms with E-state index in [2.05, 4.69) is 18.7 Å². The number of Topliss-reactive ketones (excluding diaryl/α,β-unsaturated/α-hetero) is 1. The number of amides is 1. The number of carbonyl (C=O) groups is 2. The Balaban J connectivity index is 1.95. The second-order valence-electron chi connectivity index (χ2n) is 9.04. The van der Waals surface area contributed by atoms with Crippen LogP contribution in [0.2, 0.25) is 5.02 Å². The fraction of sp³-hybridized carbons (Fsp3) is 0.267. The Kier molecular flexibility index (Phi) is 7.60. The smallest absolute Gasteiger partial charge is 0.300 e. The maximum Gasteiger partial charge on any atom is 0.300 e. The van der Waals surface area contributed by atoms with Crippen molar-refractivity contribution in [1.29, 1.82) is 0 Å². The summed E-state index contributed by atoms with van der Waals surface area (Å²) in [4.78, 5) is 30.7. The van der Waals surface area contributed by atoms with Gasteiger partial charge in [0.15, 0.2) is 0 Å². The van der Waals surface area contributed by atoms with Crippen LogP contribution in [0.5, 0.6) is 5.75 Å². The summed E-state index contributed by atoms with van der Waals surface area (Å²) < 4.78 is 5.47. The number of benzene rings is 3. The summed E-state index contributed by atoms with van der Waals surface area (Å²) in [6.45, 7) is 9.62. The minimum atomic E-state index is -0.829. The molecule has 0 bridgehead atoms. The van der Waals surface area contributed by atoms with Crippen molar-refractivity contribution >= 4 is 40.4 Å². The van der Waals surface area contributed by atoms with E-state index in [-0.39, 0.29) is 22.6 Å². The van der Waals surface area contributed by atoms with Crippen LogP contribution in [-0.4, -0.2) is 37.0 Å². The van der Waals surface area contributed by atoms with Crippen molar-refractivity contribution in [1.82, 2.24) is 0 Å². The molecule has 1 atom stereocenters. The van der Waals surface area contributed by atoms with Crippen LogP contribution in [-0.2, 0) is 9.59 Å². The number of aliphatic hydroxyl groups is 1. The van der Waals surface area contributed by atoms with Gasteiger partial charge in [-0.15, -0.1) is 0 Å². The molecule has 1 unspecified atom stereocenters. The number of halogens is 1. The van der Waals surface area contributed by atoms with Crippen molar-refractivity contribution in [3.05, 3.63) is 93.5 Å². The molecule has 1 saturated heterocycles. The predicted octanol–water partition coefficient (Wildman–Crippen LogP) is 6.44. The van der Waals surface area contributed by atoms with Gasteiger partial charge in [-0.2, -0.15) is 0 Å². The van der Waals surface area contributed by atoms with Gasteiger partial charge in [-0.05, 0) is 80.8 Å². The normalized spacial score (nSPS) is 16.8. The van der Waals surface area contributed by atoms with Gasteiger partial charge in [-0.25, -0.2) is 0 Å². The highest BCUT2D eigenvalue weighted by molar-refractivity contribution is 6.51. The highest BCUT2D eigenvalue weighted by atomic mass is 35.5. The maximum atomic E-state index is 13.5. The van der Waals surface area contributed by atoms with Crippen molar-refractivity contribution in [3.8, 4) is 5.75 Å². The summed E-state index contributed by atoms with van der Waals surface area (Å²) in [5, 5.41) is 11.9. The first kappa shape index (κ1) is 26.3. The van der Waals surface area contributed by atoms with Crippen LogP contribution in [0, 0.1) is 13.8 Å². The molecule has 0 saturated carbocycles. The standard InChI is InChI=1S/C30H31ClN2O4/c1-6-32(7-2)20-12-14-21(15-13-20)33-26(22-11-9-8-10-19(22)4)25(28(35)30(33)36)27(34)23-16-18(3)17-24(31)29(23)37-5/h8-17,26,34H,6-7H2,1-5H3/b27-25+. The second-order valence-corrected chi connectivity index (χ2v) is 9.45. The number of hydrogen-bond acceptors (Lipinski definition) is 5. The lowest BCUT2D eigenvalue weighted by atomic mass is 9.92. The number of methoxy groups -OCH3 is 1. The quantitative estimate of drug-likeness (QED) is 0.221. The largest absolute Gasteiger partial charge is 0.507 e. The van der Waals surface area contributed by atoms with Crippen LogP contribution >= 0.6 is 11.6 Å². The van der Waals surface area contributed by atoms with Crippen LogP contribution in [0.4, 0.5) is 11.4 Å². The summed E-state index contributed by atoms with van der Waals surface area (Å²) in [5.74, 6) is -1.55. The molecular weight excluding hydrogens is 488 g/mol. The van der Waals surface area contributed by atoms with Gasteiger partial charge in [-0.1, -0.05) is 35.9 Å². The predicted molar refractivity (Wildman–Crippen MR) is 149 cm³/mol. The topological polar surface area (TPSA) is 70.1 Å². The molecule has 1 heterocycles. The lowest BCUT2D eigenvalue weighted by Crippen LogP contribution is -2.30. The summed E-state index contributed by atoms with van der Waals surface area (Å²) in [5.41, 5.74) is 4.26.